The van der Waals surface area contributed by atoms with Crippen LogP contribution in [-0.2, 0) is 13.9 Å². The van der Waals surface area contributed by atoms with Gasteiger partial charge in [-0.3, -0.25) is 0 Å². The number of methoxy groups -OCH3 is 1. The molecule has 0 radical (unpaired) electrons. The van der Waals surface area contributed by atoms with E-state index < -0.39 is 20.3 Å². The van der Waals surface area contributed by atoms with Crippen LogP contribution < -0.4 is 0 Å². The first-order valence-electron chi connectivity index (χ1n) is 7.27. The van der Waals surface area contributed by atoms with E-state index in [1.165, 1.54) is 7.11 Å². The summed E-state index contributed by atoms with van der Waals surface area (Å²) in [5.41, 5.74) is 0.425. The molecule has 0 bridgehead atoms. The van der Waals surface area contributed by atoms with Crippen molar-refractivity contribution in [3.63, 3.8) is 0 Å². The quantitative estimate of drug-likeness (QED) is 0.569. The molecule has 0 spiro atoms. The Kier molecular flexibility index (Phi) is 6.77. The van der Waals surface area contributed by atoms with Crippen molar-refractivity contribution in [1.29, 1.82) is 0 Å². The van der Waals surface area contributed by atoms with Crippen molar-refractivity contribution in [3.8, 4) is 0 Å². The van der Waals surface area contributed by atoms with E-state index >= 15 is 0 Å². The SMILES string of the molecule is COC(=O)c1ccccc1C(=O)OCCC(C)O[Si](C)(C)C. The zero-order chi connectivity index (χ0) is 16.8. The van der Waals surface area contributed by atoms with Crippen LogP contribution in [0.15, 0.2) is 24.3 Å². The summed E-state index contributed by atoms with van der Waals surface area (Å²) >= 11 is 0. The molecular weight excluding hydrogens is 300 g/mol. The third-order valence-corrected chi connectivity index (χ3v) is 3.97. The van der Waals surface area contributed by atoms with Gasteiger partial charge in [0, 0.05) is 12.5 Å². The van der Waals surface area contributed by atoms with Crippen molar-refractivity contribution in [2.45, 2.75) is 39.1 Å². The molecule has 0 heterocycles. The molecule has 1 aromatic rings. The van der Waals surface area contributed by atoms with Gasteiger partial charge in [-0.15, -0.1) is 0 Å². The van der Waals surface area contributed by atoms with E-state index in [1.807, 2.05) is 6.92 Å². The maximum atomic E-state index is 12.1. The fourth-order valence-electron chi connectivity index (χ4n) is 2.01. The Bertz CT molecular complexity index is 522. The molecule has 0 saturated carbocycles. The first kappa shape index (κ1) is 18.4. The second kappa shape index (κ2) is 8.10. The minimum absolute atomic E-state index is 0.0373. The van der Waals surface area contributed by atoms with E-state index in [2.05, 4.69) is 24.4 Å². The fraction of sp³-hybridized carbons (Fsp3) is 0.500. The maximum Gasteiger partial charge on any atom is 0.339 e. The number of hydrogen-bond donors (Lipinski definition) is 0. The summed E-state index contributed by atoms with van der Waals surface area (Å²) in [7, 11) is -0.314. The first-order valence-corrected chi connectivity index (χ1v) is 10.7. The molecule has 0 aliphatic carbocycles. The average molecular weight is 324 g/mol. The zero-order valence-corrected chi connectivity index (χ0v) is 14.8. The van der Waals surface area contributed by atoms with Gasteiger partial charge in [0.25, 0.3) is 0 Å². The Morgan fingerprint density at radius 3 is 2.14 bits per heavy atom. The van der Waals surface area contributed by atoms with Gasteiger partial charge in [0.2, 0.25) is 0 Å². The van der Waals surface area contributed by atoms with Gasteiger partial charge in [-0.25, -0.2) is 9.59 Å². The molecule has 5 nitrogen and oxygen atoms in total. The van der Waals surface area contributed by atoms with Gasteiger partial charge < -0.3 is 13.9 Å². The maximum absolute atomic E-state index is 12.1. The van der Waals surface area contributed by atoms with E-state index in [4.69, 9.17) is 9.16 Å². The topological polar surface area (TPSA) is 61.8 Å². The molecule has 0 amide bonds. The number of benzene rings is 1. The normalized spacial score (nSPS) is 12.6. The molecule has 1 aromatic carbocycles. The van der Waals surface area contributed by atoms with E-state index in [1.54, 1.807) is 24.3 Å². The summed E-state index contributed by atoms with van der Waals surface area (Å²) in [6, 6.07) is 6.45. The van der Waals surface area contributed by atoms with Gasteiger partial charge in [-0.1, -0.05) is 12.1 Å². The first-order chi connectivity index (χ1) is 10.2. The second-order valence-corrected chi connectivity index (χ2v) is 10.5. The molecule has 6 heteroatoms. The Morgan fingerprint density at radius 1 is 1.09 bits per heavy atom. The van der Waals surface area contributed by atoms with E-state index in [-0.39, 0.29) is 23.8 Å². The van der Waals surface area contributed by atoms with Gasteiger partial charge in [-0.05, 0) is 38.7 Å². The molecular formula is C16H24O5Si. The van der Waals surface area contributed by atoms with Crippen LogP contribution in [0.1, 0.15) is 34.1 Å². The Balaban J connectivity index is 2.58. The highest BCUT2D eigenvalue weighted by molar-refractivity contribution is 6.69. The lowest BCUT2D eigenvalue weighted by molar-refractivity contribution is 0.0440. The Morgan fingerprint density at radius 2 is 1.64 bits per heavy atom. The molecule has 1 atom stereocenters. The minimum Gasteiger partial charge on any atom is -0.465 e. The summed E-state index contributed by atoms with van der Waals surface area (Å²) in [5.74, 6) is -1.08. The molecule has 0 aromatic heterocycles. The summed E-state index contributed by atoms with van der Waals surface area (Å²) in [4.78, 5) is 23.7. The Labute approximate surface area is 132 Å². The summed E-state index contributed by atoms with van der Waals surface area (Å²) in [6.07, 6.45) is 0.659. The highest BCUT2D eigenvalue weighted by Crippen LogP contribution is 2.13. The number of rotatable bonds is 7. The van der Waals surface area contributed by atoms with Crippen LogP contribution in [0, 0.1) is 0 Å². The molecule has 0 saturated heterocycles. The van der Waals surface area contributed by atoms with Crippen LogP contribution in [0.4, 0.5) is 0 Å². The number of carbonyl (C=O) groups excluding carboxylic acids is 2. The fourth-order valence-corrected chi connectivity index (χ4v) is 3.33. The lowest BCUT2D eigenvalue weighted by Crippen LogP contribution is -2.31. The molecule has 122 valence electrons. The van der Waals surface area contributed by atoms with Gasteiger partial charge in [-0.2, -0.15) is 0 Å². The highest BCUT2D eigenvalue weighted by Gasteiger charge is 2.20. The number of esters is 2. The average Bonchev–Trinajstić information content (AvgIpc) is 2.44. The van der Waals surface area contributed by atoms with Gasteiger partial charge in [0.1, 0.15) is 0 Å². The van der Waals surface area contributed by atoms with E-state index in [9.17, 15) is 9.59 Å². The summed E-state index contributed by atoms with van der Waals surface area (Å²) < 4.78 is 15.8. The molecule has 1 unspecified atom stereocenters. The Hall–Kier alpha value is -1.66. The number of carbonyl (C=O) groups is 2. The zero-order valence-electron chi connectivity index (χ0n) is 13.8. The van der Waals surface area contributed by atoms with Crippen LogP contribution in [0.5, 0.6) is 0 Å². The van der Waals surface area contributed by atoms with E-state index in [0.717, 1.165) is 0 Å². The molecule has 22 heavy (non-hydrogen) atoms. The van der Waals surface area contributed by atoms with E-state index in [0.29, 0.717) is 6.42 Å². The lowest BCUT2D eigenvalue weighted by Gasteiger charge is -2.23. The lowest BCUT2D eigenvalue weighted by atomic mass is 10.1. The molecule has 0 aliphatic rings. The van der Waals surface area contributed by atoms with Crippen molar-refractivity contribution in [3.05, 3.63) is 35.4 Å². The number of ether oxygens (including phenoxy) is 2. The number of hydrogen-bond acceptors (Lipinski definition) is 5. The summed E-state index contributed by atoms with van der Waals surface area (Å²) in [6.45, 7) is 8.56. The third-order valence-electron chi connectivity index (χ3n) is 2.86. The van der Waals surface area contributed by atoms with Crippen LogP contribution in [0.3, 0.4) is 0 Å². The van der Waals surface area contributed by atoms with Crippen LogP contribution in [0.2, 0.25) is 19.6 Å². The standard InChI is InChI=1S/C16H24O5Si/c1-12(21-22(3,4)5)10-11-20-16(18)14-9-7-6-8-13(14)15(17)19-2/h6-9,12H,10-11H2,1-5H3. The van der Waals surface area contributed by atoms with Crippen molar-refractivity contribution in [2.75, 3.05) is 13.7 Å². The molecule has 0 N–H and O–H groups in total. The second-order valence-electron chi connectivity index (χ2n) is 6.00. The smallest absolute Gasteiger partial charge is 0.339 e. The van der Waals surface area contributed by atoms with Crippen LogP contribution in [0.25, 0.3) is 0 Å². The molecule has 1 rings (SSSR count). The van der Waals surface area contributed by atoms with Crippen LogP contribution in [-0.4, -0.2) is 40.1 Å². The van der Waals surface area contributed by atoms with Crippen molar-refractivity contribution in [1.82, 2.24) is 0 Å². The molecule has 0 fully saturated rings. The van der Waals surface area contributed by atoms with Crippen molar-refractivity contribution >= 4 is 20.3 Å². The van der Waals surface area contributed by atoms with Gasteiger partial charge in [0.15, 0.2) is 8.32 Å². The predicted molar refractivity (Wildman–Crippen MR) is 86.6 cm³/mol. The highest BCUT2D eigenvalue weighted by atomic mass is 28.4. The van der Waals surface area contributed by atoms with Gasteiger partial charge in [0.05, 0.1) is 24.8 Å². The third kappa shape index (κ3) is 5.99. The molecule has 0 aliphatic heterocycles. The van der Waals surface area contributed by atoms with Gasteiger partial charge >= 0.3 is 11.9 Å². The monoisotopic (exact) mass is 324 g/mol. The summed E-state index contributed by atoms with van der Waals surface area (Å²) in [5, 5.41) is 0. The largest absolute Gasteiger partial charge is 0.465 e. The minimum atomic E-state index is -1.59. The van der Waals surface area contributed by atoms with Crippen molar-refractivity contribution < 1.29 is 23.5 Å². The van der Waals surface area contributed by atoms with Crippen LogP contribution >= 0.6 is 0 Å². The predicted octanol–water partition coefficient (Wildman–Crippen LogP) is 3.26. The van der Waals surface area contributed by atoms with Crippen molar-refractivity contribution in [2.24, 2.45) is 0 Å².